The number of ether oxygens (including phenoxy) is 2. The second-order valence-corrected chi connectivity index (χ2v) is 5.23. The molecule has 0 unspecified atom stereocenters. The molecule has 114 valence electrons. The van der Waals surface area contributed by atoms with Crippen LogP contribution in [0.4, 0.5) is 5.69 Å². The van der Waals surface area contributed by atoms with Gasteiger partial charge in [0.1, 0.15) is 0 Å². The molecular formula is C15H25ClN2O2. The van der Waals surface area contributed by atoms with Gasteiger partial charge in [0.05, 0.1) is 17.3 Å². The number of methoxy groups -OCH3 is 2. The van der Waals surface area contributed by atoms with E-state index in [4.69, 9.17) is 26.8 Å². The second kappa shape index (κ2) is 9.19. The molecule has 1 aromatic rings. The summed E-state index contributed by atoms with van der Waals surface area (Å²) in [7, 11) is 3.41. The summed E-state index contributed by atoms with van der Waals surface area (Å²) in [6.07, 6.45) is 0.950. The number of benzene rings is 1. The summed E-state index contributed by atoms with van der Waals surface area (Å²) in [6, 6.07) is 5.99. The van der Waals surface area contributed by atoms with E-state index in [2.05, 4.69) is 4.90 Å². The number of nitrogens with two attached hydrogens (primary N) is 1. The SMILES string of the molecule is COCCCN(CCOC)c1ccc([C@@H](C)N)cc1Cl. The normalized spacial score (nSPS) is 12.4. The van der Waals surface area contributed by atoms with Gasteiger partial charge in [0.25, 0.3) is 0 Å². The summed E-state index contributed by atoms with van der Waals surface area (Å²) in [5, 5.41) is 0.730. The number of rotatable bonds is 9. The average molecular weight is 301 g/mol. The average Bonchev–Trinajstić information content (AvgIpc) is 2.43. The highest BCUT2D eigenvalue weighted by Crippen LogP contribution is 2.28. The van der Waals surface area contributed by atoms with Crippen molar-refractivity contribution >= 4 is 17.3 Å². The molecule has 0 bridgehead atoms. The van der Waals surface area contributed by atoms with Crippen LogP contribution in [-0.4, -0.2) is 40.5 Å². The van der Waals surface area contributed by atoms with Crippen molar-refractivity contribution in [1.29, 1.82) is 0 Å². The largest absolute Gasteiger partial charge is 0.385 e. The molecule has 0 fully saturated rings. The first kappa shape index (κ1) is 17.2. The second-order valence-electron chi connectivity index (χ2n) is 4.83. The summed E-state index contributed by atoms with van der Waals surface area (Å²) in [4.78, 5) is 2.22. The molecule has 1 aromatic carbocycles. The lowest BCUT2D eigenvalue weighted by Gasteiger charge is -2.26. The van der Waals surface area contributed by atoms with Gasteiger partial charge in [0.2, 0.25) is 0 Å². The van der Waals surface area contributed by atoms with E-state index in [-0.39, 0.29) is 6.04 Å². The van der Waals surface area contributed by atoms with E-state index in [1.165, 1.54) is 0 Å². The van der Waals surface area contributed by atoms with Crippen LogP contribution in [0, 0.1) is 0 Å². The lowest BCUT2D eigenvalue weighted by molar-refractivity contribution is 0.191. The monoisotopic (exact) mass is 300 g/mol. The summed E-state index contributed by atoms with van der Waals surface area (Å²) >= 11 is 6.39. The fourth-order valence-electron chi connectivity index (χ4n) is 2.02. The van der Waals surface area contributed by atoms with Gasteiger partial charge < -0.3 is 20.1 Å². The maximum Gasteiger partial charge on any atom is 0.0642 e. The van der Waals surface area contributed by atoms with Crippen molar-refractivity contribution in [3.05, 3.63) is 28.8 Å². The van der Waals surface area contributed by atoms with E-state index in [9.17, 15) is 0 Å². The number of anilines is 1. The minimum Gasteiger partial charge on any atom is -0.385 e. The molecule has 0 saturated carbocycles. The fraction of sp³-hybridized carbons (Fsp3) is 0.600. The van der Waals surface area contributed by atoms with E-state index in [0.717, 1.165) is 42.4 Å². The van der Waals surface area contributed by atoms with Crippen molar-refractivity contribution in [3.63, 3.8) is 0 Å². The molecule has 0 heterocycles. The quantitative estimate of drug-likeness (QED) is 0.713. The van der Waals surface area contributed by atoms with Gasteiger partial charge in [-0.3, -0.25) is 0 Å². The van der Waals surface area contributed by atoms with Gasteiger partial charge >= 0.3 is 0 Å². The van der Waals surface area contributed by atoms with Crippen molar-refractivity contribution in [2.45, 2.75) is 19.4 Å². The maximum atomic E-state index is 6.39. The minimum atomic E-state index is -0.0116. The zero-order valence-electron chi connectivity index (χ0n) is 12.6. The predicted octanol–water partition coefficient (Wildman–Crippen LogP) is 2.85. The van der Waals surface area contributed by atoms with E-state index in [1.54, 1.807) is 14.2 Å². The van der Waals surface area contributed by atoms with E-state index < -0.39 is 0 Å². The van der Waals surface area contributed by atoms with Crippen LogP contribution in [0.1, 0.15) is 24.9 Å². The van der Waals surface area contributed by atoms with Crippen LogP contribution in [0.25, 0.3) is 0 Å². The third kappa shape index (κ3) is 5.29. The summed E-state index contributed by atoms with van der Waals surface area (Å²) in [5.41, 5.74) is 7.94. The number of halogens is 1. The van der Waals surface area contributed by atoms with Crippen LogP contribution in [0.15, 0.2) is 18.2 Å². The van der Waals surface area contributed by atoms with Gasteiger partial charge in [0, 0.05) is 40.0 Å². The number of hydrogen-bond donors (Lipinski definition) is 1. The first-order valence-corrected chi connectivity index (χ1v) is 7.25. The molecule has 0 aliphatic carbocycles. The van der Waals surface area contributed by atoms with Gasteiger partial charge in [-0.1, -0.05) is 17.7 Å². The maximum absolute atomic E-state index is 6.39. The summed E-state index contributed by atoms with van der Waals surface area (Å²) in [6.45, 7) is 5.04. The van der Waals surface area contributed by atoms with Gasteiger partial charge in [0.15, 0.2) is 0 Å². The summed E-state index contributed by atoms with van der Waals surface area (Å²) in [5.74, 6) is 0. The Bertz CT molecular complexity index is 399. The Labute approximate surface area is 126 Å². The van der Waals surface area contributed by atoms with Gasteiger partial charge in [-0.2, -0.15) is 0 Å². The first-order chi connectivity index (χ1) is 9.60. The molecule has 1 rings (SSSR count). The Morgan fingerprint density at radius 1 is 1.20 bits per heavy atom. The van der Waals surface area contributed by atoms with Crippen molar-refractivity contribution in [2.24, 2.45) is 5.73 Å². The van der Waals surface area contributed by atoms with Crippen molar-refractivity contribution in [1.82, 2.24) is 0 Å². The van der Waals surface area contributed by atoms with Crippen molar-refractivity contribution in [3.8, 4) is 0 Å². The zero-order chi connectivity index (χ0) is 15.0. The molecule has 0 spiro atoms. The molecule has 4 nitrogen and oxygen atoms in total. The Morgan fingerprint density at radius 2 is 1.90 bits per heavy atom. The lowest BCUT2D eigenvalue weighted by atomic mass is 10.1. The molecule has 1 atom stereocenters. The van der Waals surface area contributed by atoms with Crippen LogP contribution < -0.4 is 10.6 Å². The van der Waals surface area contributed by atoms with Crippen LogP contribution >= 0.6 is 11.6 Å². The standard InChI is InChI=1S/C15H25ClN2O2/c1-12(17)13-5-6-15(14(16)11-13)18(8-10-20-3)7-4-9-19-2/h5-6,11-12H,4,7-10,17H2,1-3H3/t12-/m1/s1. The van der Waals surface area contributed by atoms with Crippen LogP contribution in [0.5, 0.6) is 0 Å². The highest BCUT2D eigenvalue weighted by atomic mass is 35.5. The highest BCUT2D eigenvalue weighted by Gasteiger charge is 2.12. The molecule has 0 aliphatic rings. The Kier molecular flexibility index (Phi) is 7.92. The fourth-order valence-corrected chi connectivity index (χ4v) is 2.33. The van der Waals surface area contributed by atoms with Gasteiger partial charge in [-0.25, -0.2) is 0 Å². The Hall–Kier alpha value is -0.810. The smallest absolute Gasteiger partial charge is 0.0642 e. The van der Waals surface area contributed by atoms with Crippen LogP contribution in [-0.2, 0) is 9.47 Å². The highest BCUT2D eigenvalue weighted by molar-refractivity contribution is 6.33. The molecule has 0 saturated heterocycles. The molecule has 20 heavy (non-hydrogen) atoms. The van der Waals surface area contributed by atoms with Gasteiger partial charge in [-0.05, 0) is 31.0 Å². The van der Waals surface area contributed by atoms with E-state index in [0.29, 0.717) is 6.61 Å². The Balaban J connectivity index is 2.82. The first-order valence-electron chi connectivity index (χ1n) is 6.88. The topological polar surface area (TPSA) is 47.7 Å². The predicted molar refractivity (Wildman–Crippen MR) is 84.6 cm³/mol. The third-order valence-corrected chi connectivity index (χ3v) is 3.48. The van der Waals surface area contributed by atoms with Crippen molar-refractivity contribution in [2.75, 3.05) is 45.4 Å². The van der Waals surface area contributed by atoms with E-state index in [1.807, 2.05) is 25.1 Å². The molecule has 2 N–H and O–H groups in total. The zero-order valence-corrected chi connectivity index (χ0v) is 13.3. The minimum absolute atomic E-state index is 0.0116. The molecule has 0 radical (unpaired) electrons. The molecule has 0 amide bonds. The molecule has 0 aliphatic heterocycles. The Morgan fingerprint density at radius 3 is 2.45 bits per heavy atom. The third-order valence-electron chi connectivity index (χ3n) is 3.18. The number of nitrogens with zero attached hydrogens (tertiary/aromatic N) is 1. The van der Waals surface area contributed by atoms with Crippen LogP contribution in [0.2, 0.25) is 5.02 Å². The number of hydrogen-bond acceptors (Lipinski definition) is 4. The van der Waals surface area contributed by atoms with E-state index >= 15 is 0 Å². The molecule has 5 heteroatoms. The molecule has 0 aromatic heterocycles. The van der Waals surface area contributed by atoms with Crippen molar-refractivity contribution < 1.29 is 9.47 Å². The lowest BCUT2D eigenvalue weighted by Crippen LogP contribution is -2.29. The summed E-state index contributed by atoms with van der Waals surface area (Å²) < 4.78 is 10.3. The molecular weight excluding hydrogens is 276 g/mol. The van der Waals surface area contributed by atoms with Crippen LogP contribution in [0.3, 0.4) is 0 Å². The van der Waals surface area contributed by atoms with Gasteiger partial charge in [-0.15, -0.1) is 0 Å².